The molecular weight excluding hydrogens is 468 g/mol. The summed E-state index contributed by atoms with van der Waals surface area (Å²) < 4.78 is 6.40. The van der Waals surface area contributed by atoms with Crippen molar-refractivity contribution in [3.05, 3.63) is 28.2 Å². The molecule has 1 aromatic carbocycles. The number of fused-ring (bicyclic) bond motifs is 4. The van der Waals surface area contributed by atoms with Crippen LogP contribution in [0.3, 0.4) is 0 Å². The molecular formula is C21H23BrN4O5. The molecule has 4 aliphatic heterocycles. The molecule has 4 aliphatic rings. The number of nitrogens with one attached hydrogen (secondary N) is 2. The van der Waals surface area contributed by atoms with Crippen LogP contribution in [-0.2, 0) is 29.5 Å². The molecule has 0 radical (unpaired) electrons. The zero-order chi connectivity index (χ0) is 21.9. The van der Waals surface area contributed by atoms with E-state index in [9.17, 15) is 19.2 Å². The van der Waals surface area contributed by atoms with E-state index in [1.165, 1.54) is 4.90 Å². The summed E-state index contributed by atoms with van der Waals surface area (Å²) in [6.45, 7) is 0.806. The number of carbonyl (C=O) groups excluding carboxylic acids is 4. The quantitative estimate of drug-likeness (QED) is 0.518. The maximum atomic E-state index is 13.6. The number of anilines is 1. The van der Waals surface area contributed by atoms with Crippen LogP contribution >= 0.6 is 15.9 Å². The first kappa shape index (κ1) is 20.6. The SMILES string of the molecule is NC(=O)CC[C@@H]1N[C@@]2(C(=O)Nc3ccc(Br)cc32)[C@H]2C(=O)N(CC3CCCO3)C(=O)[C@@H]12. The fourth-order valence-corrected chi connectivity index (χ4v) is 5.91. The van der Waals surface area contributed by atoms with Gasteiger partial charge < -0.3 is 15.8 Å². The molecule has 9 nitrogen and oxygen atoms in total. The number of nitrogens with two attached hydrogens (primary N) is 1. The Hall–Kier alpha value is -2.30. The van der Waals surface area contributed by atoms with E-state index in [1.807, 2.05) is 0 Å². The molecule has 164 valence electrons. The van der Waals surface area contributed by atoms with Crippen molar-refractivity contribution in [1.29, 1.82) is 0 Å². The molecule has 4 amide bonds. The first-order valence-electron chi connectivity index (χ1n) is 10.5. The zero-order valence-electron chi connectivity index (χ0n) is 16.7. The molecule has 5 atom stereocenters. The molecule has 1 spiro atoms. The average Bonchev–Trinajstić information content (AvgIpc) is 3.46. The smallest absolute Gasteiger partial charge is 0.250 e. The number of imide groups is 1. The maximum Gasteiger partial charge on any atom is 0.250 e. The number of primary amides is 1. The van der Waals surface area contributed by atoms with Crippen LogP contribution in [0.1, 0.15) is 31.2 Å². The van der Waals surface area contributed by atoms with Gasteiger partial charge in [-0.2, -0.15) is 0 Å². The highest BCUT2D eigenvalue weighted by Crippen LogP contribution is 2.54. The number of rotatable bonds is 5. The second-order valence-electron chi connectivity index (χ2n) is 8.63. The number of amides is 4. The molecule has 1 aromatic rings. The molecule has 0 saturated carbocycles. The Morgan fingerprint density at radius 3 is 2.81 bits per heavy atom. The minimum atomic E-state index is -1.37. The van der Waals surface area contributed by atoms with Gasteiger partial charge in [-0.05, 0) is 37.5 Å². The van der Waals surface area contributed by atoms with Crippen LogP contribution in [-0.4, -0.2) is 53.8 Å². The number of halogens is 1. The number of benzene rings is 1. The van der Waals surface area contributed by atoms with E-state index in [0.717, 1.165) is 17.3 Å². The number of likely N-dealkylation sites (tertiary alicyclic amines) is 1. The van der Waals surface area contributed by atoms with Gasteiger partial charge in [-0.3, -0.25) is 29.4 Å². The Kier molecular flexibility index (Phi) is 4.91. The highest BCUT2D eigenvalue weighted by molar-refractivity contribution is 9.10. The molecule has 0 bridgehead atoms. The minimum absolute atomic E-state index is 0.0527. The molecule has 4 N–H and O–H groups in total. The predicted octanol–water partition coefficient (Wildman–Crippen LogP) is 0.614. The lowest BCUT2D eigenvalue weighted by Gasteiger charge is -2.30. The van der Waals surface area contributed by atoms with Crippen LogP contribution in [0.25, 0.3) is 0 Å². The van der Waals surface area contributed by atoms with Crippen molar-refractivity contribution < 1.29 is 23.9 Å². The van der Waals surface area contributed by atoms with Gasteiger partial charge in [-0.25, -0.2) is 0 Å². The van der Waals surface area contributed by atoms with Gasteiger partial charge in [0.25, 0.3) is 0 Å². The summed E-state index contributed by atoms with van der Waals surface area (Å²) in [7, 11) is 0. The highest BCUT2D eigenvalue weighted by Gasteiger charge is 2.70. The number of hydrogen-bond donors (Lipinski definition) is 3. The van der Waals surface area contributed by atoms with Crippen molar-refractivity contribution in [1.82, 2.24) is 10.2 Å². The first-order chi connectivity index (χ1) is 14.8. The van der Waals surface area contributed by atoms with Crippen molar-refractivity contribution in [2.45, 2.75) is 43.4 Å². The molecule has 3 fully saturated rings. The lowest BCUT2D eigenvalue weighted by Crippen LogP contribution is -2.53. The van der Waals surface area contributed by atoms with E-state index in [-0.39, 0.29) is 43.2 Å². The Labute approximate surface area is 187 Å². The van der Waals surface area contributed by atoms with Crippen LogP contribution in [0.5, 0.6) is 0 Å². The lowest BCUT2D eigenvalue weighted by atomic mass is 9.76. The predicted molar refractivity (Wildman–Crippen MR) is 112 cm³/mol. The second kappa shape index (κ2) is 7.39. The summed E-state index contributed by atoms with van der Waals surface area (Å²) in [6.07, 6.45) is 1.82. The summed E-state index contributed by atoms with van der Waals surface area (Å²) in [5.74, 6) is -3.19. The van der Waals surface area contributed by atoms with Crippen LogP contribution in [0, 0.1) is 11.8 Å². The second-order valence-corrected chi connectivity index (χ2v) is 9.55. The van der Waals surface area contributed by atoms with Crippen molar-refractivity contribution in [2.75, 3.05) is 18.5 Å². The summed E-state index contributed by atoms with van der Waals surface area (Å²) in [4.78, 5) is 53.0. The summed E-state index contributed by atoms with van der Waals surface area (Å²) in [6, 6.07) is 4.85. The largest absolute Gasteiger partial charge is 0.376 e. The fourth-order valence-electron chi connectivity index (χ4n) is 5.55. The normalized spacial score (nSPS) is 33.8. The number of nitrogens with zero attached hydrogens (tertiary/aromatic N) is 1. The van der Waals surface area contributed by atoms with Crippen molar-refractivity contribution in [2.24, 2.45) is 17.6 Å². The molecule has 0 aromatic heterocycles. The molecule has 5 rings (SSSR count). The van der Waals surface area contributed by atoms with Gasteiger partial charge in [0, 0.05) is 34.8 Å². The summed E-state index contributed by atoms with van der Waals surface area (Å²) >= 11 is 3.44. The van der Waals surface area contributed by atoms with Gasteiger partial charge in [-0.1, -0.05) is 15.9 Å². The van der Waals surface area contributed by atoms with E-state index < -0.39 is 29.3 Å². The van der Waals surface area contributed by atoms with E-state index in [1.54, 1.807) is 18.2 Å². The maximum absolute atomic E-state index is 13.6. The number of hydrogen-bond acceptors (Lipinski definition) is 6. The topological polar surface area (TPSA) is 131 Å². The molecule has 1 unspecified atom stereocenters. The number of ether oxygens (including phenoxy) is 1. The van der Waals surface area contributed by atoms with Gasteiger partial charge in [0.15, 0.2) is 0 Å². The highest BCUT2D eigenvalue weighted by atomic mass is 79.9. The van der Waals surface area contributed by atoms with Gasteiger partial charge in [0.2, 0.25) is 23.6 Å². The summed E-state index contributed by atoms with van der Waals surface area (Å²) in [5.41, 5.74) is 5.21. The Morgan fingerprint density at radius 2 is 2.10 bits per heavy atom. The fraction of sp³-hybridized carbons (Fsp3) is 0.524. The van der Waals surface area contributed by atoms with Gasteiger partial charge >= 0.3 is 0 Å². The summed E-state index contributed by atoms with van der Waals surface area (Å²) in [5, 5.41) is 6.15. The van der Waals surface area contributed by atoms with Gasteiger partial charge in [0.05, 0.1) is 24.5 Å². The molecule has 4 heterocycles. The molecule has 0 aliphatic carbocycles. The first-order valence-corrected chi connectivity index (χ1v) is 11.3. The molecule has 3 saturated heterocycles. The Balaban J connectivity index is 1.57. The number of carbonyl (C=O) groups is 4. The van der Waals surface area contributed by atoms with E-state index in [0.29, 0.717) is 17.9 Å². The van der Waals surface area contributed by atoms with Crippen LogP contribution in [0.2, 0.25) is 0 Å². The molecule has 31 heavy (non-hydrogen) atoms. The average molecular weight is 491 g/mol. The van der Waals surface area contributed by atoms with Gasteiger partial charge in [-0.15, -0.1) is 0 Å². The Bertz CT molecular complexity index is 994. The van der Waals surface area contributed by atoms with Crippen molar-refractivity contribution >= 4 is 45.2 Å². The van der Waals surface area contributed by atoms with Crippen molar-refractivity contribution in [3.63, 3.8) is 0 Å². The van der Waals surface area contributed by atoms with E-state index >= 15 is 0 Å². The third kappa shape index (κ3) is 3.03. The third-order valence-electron chi connectivity index (χ3n) is 6.88. The minimum Gasteiger partial charge on any atom is -0.376 e. The Morgan fingerprint density at radius 1 is 1.29 bits per heavy atom. The van der Waals surface area contributed by atoms with E-state index in [2.05, 4.69) is 26.6 Å². The van der Waals surface area contributed by atoms with Crippen LogP contribution < -0.4 is 16.4 Å². The van der Waals surface area contributed by atoms with E-state index in [4.69, 9.17) is 10.5 Å². The van der Waals surface area contributed by atoms with Crippen LogP contribution in [0.4, 0.5) is 5.69 Å². The van der Waals surface area contributed by atoms with Crippen LogP contribution in [0.15, 0.2) is 22.7 Å². The zero-order valence-corrected chi connectivity index (χ0v) is 18.3. The standard InChI is InChI=1S/C21H23BrN4O5/c22-10-3-4-13-12(8-10)21(20(30)24-13)17-16(14(25-21)5-6-15(23)27)18(28)26(19(17)29)9-11-2-1-7-31-11/h3-4,8,11,14,16-17,25H,1-2,5-7,9H2,(H2,23,27)(H,24,30)/t11?,14-,16-,17+,21+/m0/s1. The van der Waals surface area contributed by atoms with Gasteiger partial charge in [0.1, 0.15) is 5.54 Å². The monoisotopic (exact) mass is 490 g/mol. The third-order valence-corrected chi connectivity index (χ3v) is 7.37. The van der Waals surface area contributed by atoms with Crippen molar-refractivity contribution in [3.8, 4) is 0 Å². The molecule has 10 heteroatoms. The lowest BCUT2D eigenvalue weighted by molar-refractivity contribution is -0.144.